The van der Waals surface area contributed by atoms with E-state index in [1.54, 1.807) is 0 Å². The fourth-order valence-corrected chi connectivity index (χ4v) is 2.61. The summed E-state index contributed by atoms with van der Waals surface area (Å²) in [6.07, 6.45) is 5.32. The molecular weight excluding hydrogens is 172 g/mol. The van der Waals surface area contributed by atoms with Crippen molar-refractivity contribution >= 4 is 0 Å². The lowest BCUT2D eigenvalue weighted by Crippen LogP contribution is -2.48. The molecule has 2 rings (SSSR count). The molecule has 2 aliphatic rings. The van der Waals surface area contributed by atoms with Crippen LogP contribution in [0.1, 0.15) is 39.5 Å². The molecule has 0 aromatic rings. The third-order valence-electron chi connectivity index (χ3n) is 4.11. The van der Waals surface area contributed by atoms with E-state index in [2.05, 4.69) is 18.7 Å². The van der Waals surface area contributed by atoms with Crippen molar-refractivity contribution in [3.8, 4) is 0 Å². The van der Waals surface area contributed by atoms with Crippen molar-refractivity contribution < 1.29 is 0 Å². The first-order valence-electron chi connectivity index (χ1n) is 6.11. The number of likely N-dealkylation sites (tertiary alicyclic amines) is 1. The van der Waals surface area contributed by atoms with Gasteiger partial charge in [0.25, 0.3) is 0 Å². The van der Waals surface area contributed by atoms with Gasteiger partial charge in [0.1, 0.15) is 0 Å². The second kappa shape index (κ2) is 3.82. The Hall–Kier alpha value is -0.0800. The summed E-state index contributed by atoms with van der Waals surface area (Å²) in [6.45, 7) is 8.48. The zero-order valence-corrected chi connectivity index (χ0v) is 9.63. The van der Waals surface area contributed by atoms with Crippen LogP contribution < -0.4 is 5.73 Å². The number of nitrogens with zero attached hydrogens (tertiary/aromatic N) is 1. The van der Waals surface area contributed by atoms with Crippen LogP contribution >= 0.6 is 0 Å². The van der Waals surface area contributed by atoms with Crippen LogP contribution in [0.4, 0.5) is 0 Å². The zero-order valence-electron chi connectivity index (χ0n) is 9.63. The Morgan fingerprint density at radius 2 is 2.14 bits per heavy atom. The lowest BCUT2D eigenvalue weighted by atomic mass is 9.90. The summed E-state index contributed by atoms with van der Waals surface area (Å²) in [5.41, 5.74) is 6.77. The van der Waals surface area contributed by atoms with Crippen molar-refractivity contribution in [2.24, 2.45) is 17.1 Å². The van der Waals surface area contributed by atoms with E-state index in [1.807, 2.05) is 0 Å². The normalized spacial score (nSPS) is 37.1. The Bertz CT molecular complexity index is 198. The minimum Gasteiger partial charge on any atom is -0.327 e. The first-order valence-corrected chi connectivity index (χ1v) is 6.11. The molecule has 2 fully saturated rings. The molecule has 2 unspecified atom stereocenters. The van der Waals surface area contributed by atoms with Crippen LogP contribution in [0.15, 0.2) is 0 Å². The summed E-state index contributed by atoms with van der Waals surface area (Å²) in [6, 6.07) is 0.461. The Morgan fingerprint density at radius 3 is 2.71 bits per heavy atom. The van der Waals surface area contributed by atoms with E-state index in [0.717, 1.165) is 5.92 Å². The Labute approximate surface area is 87.8 Å². The van der Waals surface area contributed by atoms with Gasteiger partial charge < -0.3 is 10.6 Å². The van der Waals surface area contributed by atoms with Crippen LogP contribution in [0.2, 0.25) is 0 Å². The molecule has 0 amide bonds. The zero-order chi connectivity index (χ0) is 10.2. The Kier molecular flexibility index (Phi) is 2.85. The van der Waals surface area contributed by atoms with Crippen LogP contribution in [-0.2, 0) is 0 Å². The maximum absolute atomic E-state index is 6.10. The van der Waals surface area contributed by atoms with Gasteiger partial charge in [0, 0.05) is 19.1 Å². The number of piperidine rings is 1. The monoisotopic (exact) mass is 196 g/mol. The number of hydrogen-bond acceptors (Lipinski definition) is 2. The van der Waals surface area contributed by atoms with Crippen molar-refractivity contribution in [2.75, 3.05) is 19.6 Å². The molecule has 2 N–H and O–H groups in total. The fourth-order valence-electron chi connectivity index (χ4n) is 2.61. The van der Waals surface area contributed by atoms with Crippen LogP contribution in [0, 0.1) is 11.3 Å². The van der Waals surface area contributed by atoms with E-state index >= 15 is 0 Å². The number of nitrogens with two attached hydrogens (primary N) is 1. The van der Waals surface area contributed by atoms with Gasteiger partial charge in [0.05, 0.1) is 0 Å². The predicted octanol–water partition coefficient (Wildman–Crippen LogP) is 1.85. The number of hydrogen-bond donors (Lipinski definition) is 1. The van der Waals surface area contributed by atoms with Gasteiger partial charge in [0.2, 0.25) is 0 Å². The van der Waals surface area contributed by atoms with Crippen LogP contribution in [0.25, 0.3) is 0 Å². The predicted molar refractivity (Wildman–Crippen MR) is 60.2 cm³/mol. The minimum absolute atomic E-state index is 0.461. The first-order chi connectivity index (χ1) is 6.63. The highest BCUT2D eigenvalue weighted by molar-refractivity contribution is 4.93. The smallest absolute Gasteiger partial charge is 0.00914 e. The van der Waals surface area contributed by atoms with E-state index in [4.69, 9.17) is 5.73 Å². The van der Waals surface area contributed by atoms with Crippen molar-refractivity contribution in [1.82, 2.24) is 4.90 Å². The third-order valence-corrected chi connectivity index (χ3v) is 4.11. The lowest BCUT2D eigenvalue weighted by molar-refractivity contribution is 0.130. The molecular formula is C12H24N2. The standard InChI is InChI=1S/C12H24N2/c1-3-10-8-14(7-4-11(10)13)9-12(2)5-6-12/h10-11H,3-9,13H2,1-2H3. The van der Waals surface area contributed by atoms with Crippen molar-refractivity contribution in [3.05, 3.63) is 0 Å². The van der Waals surface area contributed by atoms with Gasteiger partial charge in [-0.1, -0.05) is 20.3 Å². The maximum atomic E-state index is 6.10. The van der Waals surface area contributed by atoms with Gasteiger partial charge in [-0.25, -0.2) is 0 Å². The second-order valence-electron chi connectivity index (χ2n) is 5.67. The SMILES string of the molecule is CCC1CN(CC2(C)CC2)CCC1N. The van der Waals surface area contributed by atoms with Gasteiger partial charge >= 0.3 is 0 Å². The van der Waals surface area contributed by atoms with Crippen LogP contribution in [0.3, 0.4) is 0 Å². The molecule has 0 spiro atoms. The highest BCUT2D eigenvalue weighted by atomic mass is 15.2. The van der Waals surface area contributed by atoms with E-state index in [1.165, 1.54) is 45.3 Å². The molecule has 2 atom stereocenters. The summed E-state index contributed by atoms with van der Waals surface area (Å²) in [5, 5.41) is 0. The highest BCUT2D eigenvalue weighted by Crippen LogP contribution is 2.45. The average molecular weight is 196 g/mol. The molecule has 1 aliphatic carbocycles. The molecule has 0 aromatic heterocycles. The van der Waals surface area contributed by atoms with Crippen molar-refractivity contribution in [2.45, 2.75) is 45.6 Å². The summed E-state index contributed by atoms with van der Waals surface area (Å²) in [7, 11) is 0. The molecule has 82 valence electrons. The molecule has 0 radical (unpaired) electrons. The largest absolute Gasteiger partial charge is 0.327 e. The van der Waals surface area contributed by atoms with E-state index < -0.39 is 0 Å². The van der Waals surface area contributed by atoms with E-state index in [-0.39, 0.29) is 0 Å². The maximum Gasteiger partial charge on any atom is 0.00914 e. The van der Waals surface area contributed by atoms with Gasteiger partial charge in [-0.3, -0.25) is 0 Å². The molecule has 2 nitrogen and oxygen atoms in total. The van der Waals surface area contributed by atoms with Gasteiger partial charge in [-0.05, 0) is 37.1 Å². The summed E-state index contributed by atoms with van der Waals surface area (Å²) < 4.78 is 0. The molecule has 2 heteroatoms. The quantitative estimate of drug-likeness (QED) is 0.746. The Morgan fingerprint density at radius 1 is 1.43 bits per heavy atom. The minimum atomic E-state index is 0.461. The molecule has 1 saturated carbocycles. The topological polar surface area (TPSA) is 29.3 Å². The molecule has 0 bridgehead atoms. The van der Waals surface area contributed by atoms with Crippen molar-refractivity contribution in [3.63, 3.8) is 0 Å². The summed E-state index contributed by atoms with van der Waals surface area (Å²) >= 11 is 0. The van der Waals surface area contributed by atoms with Crippen LogP contribution in [0.5, 0.6) is 0 Å². The highest BCUT2D eigenvalue weighted by Gasteiger charge is 2.40. The van der Waals surface area contributed by atoms with Crippen LogP contribution in [-0.4, -0.2) is 30.6 Å². The third kappa shape index (κ3) is 2.29. The molecule has 1 aliphatic heterocycles. The summed E-state index contributed by atoms with van der Waals surface area (Å²) in [4.78, 5) is 2.64. The Balaban J connectivity index is 1.83. The molecule has 0 aromatic carbocycles. The first kappa shape index (κ1) is 10.4. The van der Waals surface area contributed by atoms with Gasteiger partial charge in [0.15, 0.2) is 0 Å². The summed E-state index contributed by atoms with van der Waals surface area (Å²) in [5.74, 6) is 0.742. The average Bonchev–Trinajstić information content (AvgIpc) is 2.87. The second-order valence-corrected chi connectivity index (χ2v) is 5.67. The molecule has 1 saturated heterocycles. The van der Waals surface area contributed by atoms with Gasteiger partial charge in [-0.15, -0.1) is 0 Å². The van der Waals surface area contributed by atoms with Gasteiger partial charge in [-0.2, -0.15) is 0 Å². The van der Waals surface area contributed by atoms with Crippen molar-refractivity contribution in [1.29, 1.82) is 0 Å². The van der Waals surface area contributed by atoms with E-state index in [0.29, 0.717) is 11.5 Å². The molecule has 14 heavy (non-hydrogen) atoms. The lowest BCUT2D eigenvalue weighted by Gasteiger charge is -2.37. The van der Waals surface area contributed by atoms with E-state index in [9.17, 15) is 0 Å². The number of rotatable bonds is 3. The molecule has 1 heterocycles. The fraction of sp³-hybridized carbons (Fsp3) is 1.00.